The predicted molar refractivity (Wildman–Crippen MR) is 117 cm³/mol. The fraction of sp³-hybridized carbons (Fsp3) is 0.952. The molecular weight excluding hydrogens is 388 g/mol. The molecule has 0 saturated heterocycles. The highest BCUT2D eigenvalue weighted by Crippen LogP contribution is 2.64. The van der Waals surface area contributed by atoms with E-state index in [0.717, 1.165) is 19.3 Å². The third kappa shape index (κ3) is 4.29. The van der Waals surface area contributed by atoms with Crippen LogP contribution in [0.25, 0.3) is 0 Å². The lowest BCUT2D eigenvalue weighted by Crippen LogP contribution is -2.56. The summed E-state index contributed by atoms with van der Waals surface area (Å²) < 4.78 is 25.0. The summed E-state index contributed by atoms with van der Waals surface area (Å²) in [4.78, 5) is 13.5. The lowest BCUT2D eigenvalue weighted by molar-refractivity contribution is -0.149. The lowest BCUT2D eigenvalue weighted by Gasteiger charge is -2.45. The molecule has 4 unspecified atom stereocenters. The Morgan fingerprint density at radius 1 is 1.00 bits per heavy atom. The van der Waals surface area contributed by atoms with E-state index in [2.05, 4.69) is 40.8 Å². The Kier molecular flexibility index (Phi) is 7.30. The van der Waals surface area contributed by atoms with Crippen LogP contribution in [-0.4, -0.2) is 42.9 Å². The third-order valence-corrected chi connectivity index (χ3v) is 15.2. The molecule has 2 saturated carbocycles. The zero-order chi connectivity index (χ0) is 21.4. The summed E-state index contributed by atoms with van der Waals surface area (Å²) in [6.07, 6.45) is 3.01. The summed E-state index contributed by atoms with van der Waals surface area (Å²) >= 11 is 0. The predicted octanol–water partition coefficient (Wildman–Crippen LogP) is 5.39. The molecule has 0 radical (unpaired) electrons. The van der Waals surface area contributed by atoms with Gasteiger partial charge in [-0.1, -0.05) is 20.8 Å². The van der Waals surface area contributed by atoms with Gasteiger partial charge in [-0.05, 0) is 76.9 Å². The van der Waals surface area contributed by atoms with Crippen LogP contribution in [0.4, 0.5) is 0 Å². The van der Waals surface area contributed by atoms with Crippen LogP contribution in [0.15, 0.2) is 0 Å². The van der Waals surface area contributed by atoms with Crippen molar-refractivity contribution in [2.45, 2.75) is 91.4 Å². The van der Waals surface area contributed by atoms with Gasteiger partial charge in [0.25, 0.3) is 14.3 Å². The fourth-order valence-corrected chi connectivity index (χ4v) is 9.66. The van der Waals surface area contributed by atoms with E-state index in [1.54, 1.807) is 0 Å². The molecule has 4 atom stereocenters. The maximum atomic E-state index is 13.5. The Hall–Kier alpha value is -0.216. The second-order valence-electron chi connectivity index (χ2n) is 10.2. The van der Waals surface area contributed by atoms with Crippen LogP contribution in [0.3, 0.4) is 0 Å². The van der Waals surface area contributed by atoms with E-state index < -0.39 is 22.5 Å². The van der Waals surface area contributed by atoms with E-state index in [4.69, 9.17) is 17.7 Å². The first-order valence-corrected chi connectivity index (χ1v) is 15.7. The fourth-order valence-electron chi connectivity index (χ4n) is 4.94. The van der Waals surface area contributed by atoms with Crippen LogP contribution >= 0.6 is 0 Å². The summed E-state index contributed by atoms with van der Waals surface area (Å²) in [7, 11) is -5.00. The molecular formula is C21H42O5Si2. The van der Waals surface area contributed by atoms with Crippen molar-refractivity contribution in [1.29, 1.82) is 0 Å². The van der Waals surface area contributed by atoms with Gasteiger partial charge in [-0.25, -0.2) is 0 Å². The minimum Gasteiger partial charge on any atom is -0.519 e. The van der Waals surface area contributed by atoms with Crippen molar-refractivity contribution in [2.75, 3.05) is 19.8 Å². The highest BCUT2D eigenvalue weighted by Gasteiger charge is 2.66. The largest absolute Gasteiger partial charge is 0.519 e. The van der Waals surface area contributed by atoms with E-state index in [1.165, 1.54) is 0 Å². The average molecular weight is 431 g/mol. The molecule has 0 N–H and O–H groups in total. The molecule has 0 aromatic carbocycles. The zero-order valence-electron chi connectivity index (χ0n) is 19.5. The van der Waals surface area contributed by atoms with Crippen LogP contribution in [0.1, 0.15) is 67.7 Å². The Morgan fingerprint density at radius 3 is 1.89 bits per heavy atom. The van der Waals surface area contributed by atoms with Crippen molar-refractivity contribution < 1.29 is 22.5 Å². The zero-order valence-corrected chi connectivity index (χ0v) is 21.5. The van der Waals surface area contributed by atoms with Crippen LogP contribution in [-0.2, 0) is 22.5 Å². The normalized spacial score (nSPS) is 30.7. The van der Waals surface area contributed by atoms with Gasteiger partial charge in [-0.3, -0.25) is 4.79 Å². The number of fused-ring (bicyclic) bond motifs is 2. The minimum absolute atomic E-state index is 0.0104. The molecule has 28 heavy (non-hydrogen) atoms. The molecule has 2 aliphatic carbocycles. The van der Waals surface area contributed by atoms with Gasteiger partial charge in [0, 0.05) is 25.4 Å². The van der Waals surface area contributed by atoms with E-state index >= 15 is 0 Å². The molecule has 0 heterocycles. The molecule has 0 aromatic rings. The topological polar surface area (TPSA) is 54.0 Å². The van der Waals surface area contributed by atoms with Crippen molar-refractivity contribution >= 4 is 23.1 Å². The van der Waals surface area contributed by atoms with Gasteiger partial charge in [0.05, 0.1) is 5.41 Å². The first kappa shape index (κ1) is 24.1. The minimum atomic E-state index is -2.84. The molecule has 2 rings (SSSR count). The van der Waals surface area contributed by atoms with E-state index in [9.17, 15) is 4.79 Å². The van der Waals surface area contributed by atoms with Crippen LogP contribution < -0.4 is 0 Å². The van der Waals surface area contributed by atoms with Crippen molar-refractivity contribution in [3.05, 3.63) is 0 Å². The Bertz CT molecular complexity index is 542. The second-order valence-corrected chi connectivity index (χ2v) is 17.8. The molecule has 2 bridgehead atoms. The van der Waals surface area contributed by atoms with Crippen LogP contribution in [0.2, 0.25) is 23.7 Å². The quantitative estimate of drug-likeness (QED) is 0.459. The number of hydrogen-bond donors (Lipinski definition) is 0. The summed E-state index contributed by atoms with van der Waals surface area (Å²) in [5.74, 6) is 0.731. The SMILES string of the molecule is CCO[Si](OCC)(OCC)C1CC2CC1C(C)(C(=O)O[Si](C)(C)C(C)(C)C)C2. The summed E-state index contributed by atoms with van der Waals surface area (Å²) in [5, 5.41) is 0.0104. The number of carbonyl (C=O) groups is 1. The highest BCUT2D eigenvalue weighted by molar-refractivity contribution is 6.75. The van der Waals surface area contributed by atoms with Gasteiger partial charge in [-0.15, -0.1) is 0 Å². The highest BCUT2D eigenvalue weighted by atomic mass is 28.4. The summed E-state index contributed by atoms with van der Waals surface area (Å²) in [5.41, 5.74) is -0.282. The smallest absolute Gasteiger partial charge is 0.504 e. The Morgan fingerprint density at radius 2 is 1.50 bits per heavy atom. The second kappa shape index (κ2) is 8.49. The van der Waals surface area contributed by atoms with Gasteiger partial charge >= 0.3 is 8.80 Å². The third-order valence-electron chi connectivity index (χ3n) is 7.30. The Balaban J connectivity index is 2.30. The molecule has 0 aromatic heterocycles. The van der Waals surface area contributed by atoms with Crippen LogP contribution in [0, 0.1) is 17.3 Å². The van der Waals surface area contributed by atoms with Gasteiger partial charge in [0.15, 0.2) is 0 Å². The number of rotatable bonds is 9. The molecule has 0 aliphatic heterocycles. The summed E-state index contributed by atoms with van der Waals surface area (Å²) in [6.45, 7) is 20.7. The van der Waals surface area contributed by atoms with Gasteiger partial charge < -0.3 is 17.7 Å². The molecule has 7 heteroatoms. The molecule has 0 amide bonds. The van der Waals surface area contributed by atoms with Crippen LogP contribution in [0.5, 0.6) is 0 Å². The molecule has 0 spiro atoms. The van der Waals surface area contributed by atoms with E-state index in [0.29, 0.717) is 25.7 Å². The van der Waals surface area contributed by atoms with Crippen molar-refractivity contribution in [3.63, 3.8) is 0 Å². The Labute approximate surface area is 174 Å². The number of carbonyl (C=O) groups excluding carboxylic acids is 1. The van der Waals surface area contributed by atoms with Gasteiger partial charge in [0.1, 0.15) is 0 Å². The molecule has 164 valence electrons. The van der Waals surface area contributed by atoms with E-state index in [1.807, 2.05) is 20.8 Å². The monoisotopic (exact) mass is 430 g/mol. The van der Waals surface area contributed by atoms with Crippen molar-refractivity contribution in [3.8, 4) is 0 Å². The van der Waals surface area contributed by atoms with Gasteiger partial charge in [0.2, 0.25) is 0 Å². The lowest BCUT2D eigenvalue weighted by atomic mass is 9.74. The number of hydrogen-bond acceptors (Lipinski definition) is 5. The average Bonchev–Trinajstić information content (AvgIpc) is 3.12. The van der Waals surface area contributed by atoms with E-state index in [-0.39, 0.29) is 22.5 Å². The first-order chi connectivity index (χ1) is 12.9. The molecule has 5 nitrogen and oxygen atoms in total. The first-order valence-electron chi connectivity index (χ1n) is 11.0. The summed E-state index contributed by atoms with van der Waals surface area (Å²) in [6, 6.07) is 0. The van der Waals surface area contributed by atoms with Crippen molar-refractivity contribution in [2.24, 2.45) is 17.3 Å². The standard InChI is InChI=1S/C21H42O5Si2/c1-10-23-28(24-11-2,25-12-3)18-14-16-13-17(18)21(7,15-16)19(22)26-27(8,9)20(4,5)6/h16-18H,10-15H2,1-9H3. The maximum Gasteiger partial charge on any atom is 0.504 e. The van der Waals surface area contributed by atoms with Crippen molar-refractivity contribution in [1.82, 2.24) is 0 Å². The molecule has 2 fully saturated rings. The van der Waals surface area contributed by atoms with Gasteiger partial charge in [-0.2, -0.15) is 0 Å². The maximum absolute atomic E-state index is 13.5. The molecule has 2 aliphatic rings.